The number of aryl methyl sites for hydroxylation is 1. The van der Waals surface area contributed by atoms with Gasteiger partial charge in [0.2, 0.25) is 0 Å². The van der Waals surface area contributed by atoms with Crippen LogP contribution >= 0.6 is 0 Å². The summed E-state index contributed by atoms with van der Waals surface area (Å²) >= 11 is 0. The molecule has 3 aromatic carbocycles. The van der Waals surface area contributed by atoms with Crippen LogP contribution in [0.15, 0.2) is 83.8 Å². The normalized spacial score (nSPS) is 10.9. The van der Waals surface area contributed by atoms with Crippen molar-refractivity contribution in [1.82, 2.24) is 0 Å². The van der Waals surface area contributed by atoms with Gasteiger partial charge in [0.15, 0.2) is 0 Å². The fourth-order valence-corrected chi connectivity index (χ4v) is 3.18. The van der Waals surface area contributed by atoms with Crippen molar-refractivity contribution in [3.63, 3.8) is 0 Å². The zero-order valence-electron chi connectivity index (χ0n) is 13.6. The summed E-state index contributed by atoms with van der Waals surface area (Å²) < 4.78 is 6.06. The zero-order chi connectivity index (χ0) is 16.5. The summed E-state index contributed by atoms with van der Waals surface area (Å²) in [7, 11) is 0. The van der Waals surface area contributed by atoms with Crippen molar-refractivity contribution < 1.29 is 4.42 Å². The molecule has 0 spiro atoms. The molecule has 0 unspecified atom stereocenters. The smallest absolute Gasteiger partial charge is 0.142 e. The molecular weight excluding hydrogens is 292 g/mol. The van der Waals surface area contributed by atoms with Gasteiger partial charge in [-0.25, -0.2) is 0 Å². The Labute approximate surface area is 141 Å². The lowest BCUT2D eigenvalue weighted by Gasteiger charge is -2.07. The molecular formula is C23H18O. The van der Waals surface area contributed by atoms with E-state index in [1.54, 1.807) is 6.08 Å². The molecule has 4 aromatic rings. The van der Waals surface area contributed by atoms with Gasteiger partial charge < -0.3 is 4.42 Å². The van der Waals surface area contributed by atoms with Crippen LogP contribution < -0.4 is 0 Å². The second-order valence-corrected chi connectivity index (χ2v) is 5.92. The van der Waals surface area contributed by atoms with Gasteiger partial charge in [-0.3, -0.25) is 0 Å². The third-order valence-electron chi connectivity index (χ3n) is 4.47. The van der Waals surface area contributed by atoms with Gasteiger partial charge in [0, 0.05) is 16.5 Å². The molecule has 0 fully saturated rings. The fraction of sp³-hybridized carbons (Fsp3) is 0.0435. The SMILES string of the molecule is C=Cc1oc2c(-c3cccc(-c4ccccc4)c3)cccc2c1C. The Morgan fingerprint density at radius 3 is 2.29 bits per heavy atom. The molecule has 0 radical (unpaired) electrons. The minimum atomic E-state index is 0.844. The van der Waals surface area contributed by atoms with Crippen LogP contribution in [-0.4, -0.2) is 0 Å². The summed E-state index contributed by atoms with van der Waals surface area (Å²) in [5, 5.41) is 1.15. The number of furan rings is 1. The number of hydrogen-bond acceptors (Lipinski definition) is 1. The van der Waals surface area contributed by atoms with Crippen LogP contribution in [0.2, 0.25) is 0 Å². The third-order valence-corrected chi connectivity index (χ3v) is 4.47. The van der Waals surface area contributed by atoms with Crippen molar-refractivity contribution >= 4 is 17.0 Å². The highest BCUT2D eigenvalue weighted by molar-refractivity contribution is 5.96. The van der Waals surface area contributed by atoms with Gasteiger partial charge in [-0.2, -0.15) is 0 Å². The Kier molecular flexibility index (Phi) is 3.55. The number of para-hydroxylation sites is 1. The highest BCUT2D eigenvalue weighted by Gasteiger charge is 2.13. The van der Waals surface area contributed by atoms with Crippen LogP contribution in [-0.2, 0) is 0 Å². The molecule has 0 bridgehead atoms. The lowest BCUT2D eigenvalue weighted by atomic mass is 9.97. The van der Waals surface area contributed by atoms with E-state index >= 15 is 0 Å². The predicted molar refractivity (Wildman–Crippen MR) is 102 cm³/mol. The van der Waals surface area contributed by atoms with E-state index in [0.29, 0.717) is 0 Å². The molecule has 0 aliphatic carbocycles. The van der Waals surface area contributed by atoms with Crippen LogP contribution in [0, 0.1) is 6.92 Å². The van der Waals surface area contributed by atoms with Gasteiger partial charge in [0.25, 0.3) is 0 Å². The minimum Gasteiger partial charge on any atom is -0.456 e. The number of benzene rings is 3. The van der Waals surface area contributed by atoms with E-state index in [0.717, 1.165) is 33.4 Å². The zero-order valence-corrected chi connectivity index (χ0v) is 13.6. The van der Waals surface area contributed by atoms with Crippen molar-refractivity contribution in [1.29, 1.82) is 0 Å². The summed E-state index contributed by atoms with van der Waals surface area (Å²) in [6, 6.07) is 25.3. The highest BCUT2D eigenvalue weighted by Crippen LogP contribution is 2.35. The maximum atomic E-state index is 6.06. The Morgan fingerprint density at radius 2 is 1.50 bits per heavy atom. The van der Waals surface area contributed by atoms with Crippen LogP contribution in [0.4, 0.5) is 0 Å². The van der Waals surface area contributed by atoms with Gasteiger partial charge in [-0.15, -0.1) is 0 Å². The predicted octanol–water partition coefficient (Wildman–Crippen LogP) is 6.72. The first-order chi connectivity index (χ1) is 11.8. The highest BCUT2D eigenvalue weighted by atomic mass is 16.3. The molecule has 0 amide bonds. The number of rotatable bonds is 3. The van der Waals surface area contributed by atoms with Crippen molar-refractivity contribution in [3.8, 4) is 22.3 Å². The van der Waals surface area contributed by atoms with Crippen LogP contribution in [0.25, 0.3) is 39.3 Å². The standard InChI is InChI=1S/C23H18O/c1-3-22-16(2)20-13-8-14-21(23(20)24-22)19-12-7-11-18(15-19)17-9-5-4-6-10-17/h3-15H,1H2,2H3. The molecule has 0 aliphatic heterocycles. The maximum Gasteiger partial charge on any atom is 0.142 e. The number of hydrogen-bond donors (Lipinski definition) is 0. The van der Waals surface area contributed by atoms with E-state index in [1.165, 1.54) is 11.1 Å². The van der Waals surface area contributed by atoms with Crippen LogP contribution in [0.1, 0.15) is 11.3 Å². The first kappa shape index (κ1) is 14.5. The first-order valence-corrected chi connectivity index (χ1v) is 8.08. The quantitative estimate of drug-likeness (QED) is 0.409. The van der Waals surface area contributed by atoms with Crippen molar-refractivity contribution in [2.45, 2.75) is 6.92 Å². The van der Waals surface area contributed by atoms with Crippen molar-refractivity contribution in [2.75, 3.05) is 0 Å². The second-order valence-electron chi connectivity index (χ2n) is 5.92. The van der Waals surface area contributed by atoms with Crippen molar-refractivity contribution in [3.05, 3.63) is 90.7 Å². The lowest BCUT2D eigenvalue weighted by Crippen LogP contribution is -1.82. The van der Waals surface area contributed by atoms with Gasteiger partial charge in [0.1, 0.15) is 11.3 Å². The summed E-state index contributed by atoms with van der Waals surface area (Å²) in [6.45, 7) is 5.93. The molecule has 1 heterocycles. The Bertz CT molecular complexity index is 1020. The fourth-order valence-electron chi connectivity index (χ4n) is 3.18. The molecule has 0 N–H and O–H groups in total. The van der Waals surface area contributed by atoms with E-state index in [4.69, 9.17) is 4.42 Å². The molecule has 4 rings (SSSR count). The molecule has 24 heavy (non-hydrogen) atoms. The second kappa shape index (κ2) is 5.86. The number of fused-ring (bicyclic) bond motifs is 1. The van der Waals surface area contributed by atoms with E-state index in [1.807, 2.05) is 6.07 Å². The van der Waals surface area contributed by atoms with Gasteiger partial charge >= 0.3 is 0 Å². The van der Waals surface area contributed by atoms with Crippen molar-refractivity contribution in [2.24, 2.45) is 0 Å². The topological polar surface area (TPSA) is 13.1 Å². The molecule has 1 heteroatoms. The summed E-state index contributed by atoms with van der Waals surface area (Å²) in [4.78, 5) is 0. The minimum absolute atomic E-state index is 0.844. The molecule has 1 aromatic heterocycles. The maximum absolute atomic E-state index is 6.06. The Morgan fingerprint density at radius 1 is 0.792 bits per heavy atom. The molecule has 0 saturated heterocycles. The molecule has 0 saturated carbocycles. The van der Waals surface area contributed by atoms with Gasteiger partial charge in [-0.05, 0) is 35.8 Å². The Hall–Kier alpha value is -3.06. The summed E-state index contributed by atoms with van der Waals surface area (Å²) in [6.07, 6.45) is 1.78. The summed E-state index contributed by atoms with van der Waals surface area (Å²) in [5.74, 6) is 0.844. The third kappa shape index (κ3) is 2.35. The van der Waals surface area contributed by atoms with Crippen LogP contribution in [0.5, 0.6) is 0 Å². The molecule has 0 aliphatic rings. The Balaban J connectivity index is 1.91. The largest absolute Gasteiger partial charge is 0.456 e. The molecule has 1 nitrogen and oxygen atoms in total. The van der Waals surface area contributed by atoms with E-state index in [-0.39, 0.29) is 0 Å². The van der Waals surface area contributed by atoms with Gasteiger partial charge in [0.05, 0.1) is 0 Å². The monoisotopic (exact) mass is 310 g/mol. The van der Waals surface area contributed by atoms with E-state index in [9.17, 15) is 0 Å². The average molecular weight is 310 g/mol. The molecule has 116 valence electrons. The lowest BCUT2D eigenvalue weighted by molar-refractivity contribution is 0.602. The average Bonchev–Trinajstić information content (AvgIpc) is 2.99. The molecule has 0 atom stereocenters. The van der Waals surface area contributed by atoms with Crippen LogP contribution in [0.3, 0.4) is 0 Å². The summed E-state index contributed by atoms with van der Waals surface area (Å²) in [5.41, 5.74) is 6.76. The van der Waals surface area contributed by atoms with Gasteiger partial charge in [-0.1, -0.05) is 73.3 Å². The first-order valence-electron chi connectivity index (χ1n) is 8.08. The van der Waals surface area contributed by atoms with E-state index in [2.05, 4.69) is 80.2 Å². The van der Waals surface area contributed by atoms with E-state index < -0.39 is 0 Å².